The van der Waals surface area contributed by atoms with Crippen LogP contribution in [0.1, 0.15) is 11.6 Å². The van der Waals surface area contributed by atoms with Gasteiger partial charge in [0.25, 0.3) is 0 Å². The minimum absolute atomic E-state index is 0.0243. The van der Waals surface area contributed by atoms with Crippen LogP contribution < -0.4 is 4.72 Å². The number of benzene rings is 1. The minimum atomic E-state index is -3.65. The highest BCUT2D eigenvalue weighted by atomic mass is 32.2. The molecule has 0 bridgehead atoms. The molecule has 0 aliphatic rings. The predicted octanol–water partition coefficient (Wildman–Crippen LogP) is 2.33. The quantitative estimate of drug-likeness (QED) is 0.723. The molecule has 0 aliphatic carbocycles. The van der Waals surface area contributed by atoms with Crippen LogP contribution in [-0.4, -0.2) is 42.7 Å². The molecule has 6 nitrogen and oxygen atoms in total. The number of rotatable bonds is 6. The first-order valence-corrected chi connectivity index (χ1v) is 10.0. The lowest BCUT2D eigenvalue weighted by Crippen LogP contribution is -2.34. The lowest BCUT2D eigenvalue weighted by molar-refractivity contribution is 0.300. The third kappa shape index (κ3) is 3.43. The van der Waals surface area contributed by atoms with Crippen LogP contribution in [0.3, 0.4) is 0 Å². The van der Waals surface area contributed by atoms with Crippen LogP contribution in [0.5, 0.6) is 0 Å². The van der Waals surface area contributed by atoms with E-state index in [9.17, 15) is 8.42 Å². The predicted molar refractivity (Wildman–Crippen MR) is 93.4 cm³/mol. The van der Waals surface area contributed by atoms with Gasteiger partial charge in [0, 0.05) is 12.6 Å². The van der Waals surface area contributed by atoms with E-state index < -0.39 is 10.0 Å². The molecule has 0 radical (unpaired) electrons. The molecule has 1 aromatic carbocycles. The van der Waals surface area contributed by atoms with Gasteiger partial charge in [-0.25, -0.2) is 13.1 Å². The Morgan fingerprint density at radius 3 is 2.78 bits per heavy atom. The second kappa shape index (κ2) is 6.62. The van der Waals surface area contributed by atoms with Gasteiger partial charge in [0.1, 0.15) is 15.9 Å². The number of likely N-dealkylation sites (N-methyl/N-ethyl adjacent to an activating group) is 1. The van der Waals surface area contributed by atoms with Crippen LogP contribution in [0.2, 0.25) is 0 Å². The number of nitrogens with zero attached hydrogens (tertiary/aromatic N) is 3. The molecule has 0 aliphatic heterocycles. The van der Waals surface area contributed by atoms with Gasteiger partial charge in [-0.15, -0.1) is 0 Å². The zero-order valence-electron chi connectivity index (χ0n) is 12.6. The van der Waals surface area contributed by atoms with Gasteiger partial charge in [-0.2, -0.15) is 20.1 Å². The van der Waals surface area contributed by atoms with Crippen molar-refractivity contribution in [1.29, 1.82) is 0 Å². The van der Waals surface area contributed by atoms with Gasteiger partial charge >= 0.3 is 0 Å². The molecule has 122 valence electrons. The van der Waals surface area contributed by atoms with Crippen LogP contribution in [0.4, 0.5) is 0 Å². The van der Waals surface area contributed by atoms with Crippen LogP contribution in [-0.2, 0) is 10.0 Å². The molecule has 0 spiro atoms. The highest BCUT2D eigenvalue weighted by Gasteiger charge is 2.22. The molecule has 0 amide bonds. The lowest BCUT2D eigenvalue weighted by Gasteiger charge is -2.24. The third-order valence-electron chi connectivity index (χ3n) is 3.56. The number of hydrogen-bond acceptors (Lipinski definition) is 7. The van der Waals surface area contributed by atoms with Crippen LogP contribution in [0.25, 0.3) is 11.0 Å². The Balaban J connectivity index is 1.85. The molecule has 1 atom stereocenters. The summed E-state index contributed by atoms with van der Waals surface area (Å²) in [6.07, 6.45) is 0. The van der Waals surface area contributed by atoms with Crippen LogP contribution in [0.15, 0.2) is 39.9 Å². The average molecular weight is 369 g/mol. The Labute approximate surface area is 143 Å². The van der Waals surface area contributed by atoms with Crippen molar-refractivity contribution in [2.45, 2.75) is 10.9 Å². The maximum Gasteiger partial charge on any atom is 0.242 e. The van der Waals surface area contributed by atoms with E-state index in [1.54, 1.807) is 29.5 Å². The topological polar surface area (TPSA) is 75.2 Å². The second-order valence-corrected chi connectivity index (χ2v) is 8.32. The fourth-order valence-corrected chi connectivity index (χ4v) is 4.84. The van der Waals surface area contributed by atoms with Gasteiger partial charge in [0.2, 0.25) is 10.0 Å². The van der Waals surface area contributed by atoms with Gasteiger partial charge in [-0.3, -0.25) is 0 Å². The van der Waals surface area contributed by atoms with Crippen molar-refractivity contribution < 1.29 is 8.42 Å². The summed E-state index contributed by atoms with van der Waals surface area (Å²) in [5, 5.41) is 4.02. The minimum Gasteiger partial charge on any atom is -0.301 e. The Hall–Kier alpha value is -1.39. The van der Waals surface area contributed by atoms with E-state index in [0.29, 0.717) is 17.6 Å². The smallest absolute Gasteiger partial charge is 0.242 e. The summed E-state index contributed by atoms with van der Waals surface area (Å²) < 4.78 is 36.2. The Morgan fingerprint density at radius 1 is 1.26 bits per heavy atom. The fourth-order valence-electron chi connectivity index (χ4n) is 2.33. The number of nitrogens with one attached hydrogen (secondary N) is 1. The maximum absolute atomic E-state index is 12.7. The van der Waals surface area contributed by atoms with Gasteiger partial charge < -0.3 is 4.90 Å². The summed E-state index contributed by atoms with van der Waals surface area (Å²) in [5.74, 6) is 0. The molecular weight excluding hydrogens is 352 g/mol. The van der Waals surface area contributed by atoms with Gasteiger partial charge in [-0.05, 0) is 48.6 Å². The summed E-state index contributed by atoms with van der Waals surface area (Å²) in [4.78, 5) is 2.17. The Morgan fingerprint density at radius 2 is 2.09 bits per heavy atom. The van der Waals surface area contributed by atoms with Crippen molar-refractivity contribution in [2.75, 3.05) is 20.6 Å². The third-order valence-corrected chi connectivity index (χ3v) is 6.26. The van der Waals surface area contributed by atoms with Crippen LogP contribution in [0, 0.1) is 0 Å². The van der Waals surface area contributed by atoms with E-state index in [2.05, 4.69) is 13.5 Å². The monoisotopic (exact) mass is 368 g/mol. The highest BCUT2D eigenvalue weighted by molar-refractivity contribution is 7.89. The van der Waals surface area contributed by atoms with Crippen molar-refractivity contribution in [3.8, 4) is 0 Å². The van der Waals surface area contributed by atoms with E-state index >= 15 is 0 Å². The highest BCUT2D eigenvalue weighted by Crippen LogP contribution is 2.23. The second-order valence-electron chi connectivity index (χ2n) is 5.28. The van der Waals surface area contributed by atoms with Crippen molar-refractivity contribution in [3.63, 3.8) is 0 Å². The normalized spacial score (nSPS) is 13.7. The standard InChI is InChI=1S/C14H16N4O2S3/c1-18(2)12(10-6-7-21-9-10)8-15-23(19,20)13-5-3-4-11-14(13)17-22-16-11/h3-7,9,12,15H,8H2,1-2H3. The molecule has 3 aromatic rings. The van der Waals surface area contributed by atoms with Crippen molar-refractivity contribution in [2.24, 2.45) is 0 Å². The van der Waals surface area contributed by atoms with E-state index in [0.717, 1.165) is 17.3 Å². The summed E-state index contributed by atoms with van der Waals surface area (Å²) >= 11 is 2.61. The van der Waals surface area contributed by atoms with Crippen LogP contribution >= 0.6 is 23.1 Å². The number of fused-ring (bicyclic) bond motifs is 1. The number of thiophene rings is 1. The molecule has 1 unspecified atom stereocenters. The first kappa shape index (κ1) is 16.5. The molecule has 2 heterocycles. The molecule has 0 saturated carbocycles. The van der Waals surface area contributed by atoms with E-state index in [1.165, 1.54) is 0 Å². The molecule has 23 heavy (non-hydrogen) atoms. The lowest BCUT2D eigenvalue weighted by atomic mass is 10.1. The molecule has 3 rings (SSSR count). The fraction of sp³-hybridized carbons (Fsp3) is 0.286. The Bertz CT molecular complexity index is 888. The molecule has 1 N–H and O–H groups in total. The number of hydrogen-bond donors (Lipinski definition) is 1. The summed E-state index contributed by atoms with van der Waals surface area (Å²) in [6, 6.07) is 6.98. The number of sulfonamides is 1. The zero-order chi connectivity index (χ0) is 16.4. The van der Waals surface area contributed by atoms with Crippen molar-refractivity contribution in [1.82, 2.24) is 18.4 Å². The summed E-state index contributed by atoms with van der Waals surface area (Å²) in [6.45, 7) is 0.292. The molecular formula is C14H16N4O2S3. The first-order chi connectivity index (χ1) is 11.0. The molecule has 0 saturated heterocycles. The number of aromatic nitrogens is 2. The maximum atomic E-state index is 12.7. The van der Waals surface area contributed by atoms with Gasteiger partial charge in [-0.1, -0.05) is 6.07 Å². The van der Waals surface area contributed by atoms with Crippen molar-refractivity contribution in [3.05, 3.63) is 40.6 Å². The molecule has 9 heteroatoms. The van der Waals surface area contributed by atoms with Gasteiger partial charge in [0.05, 0.1) is 11.7 Å². The first-order valence-electron chi connectivity index (χ1n) is 6.88. The summed E-state index contributed by atoms with van der Waals surface area (Å²) in [5.41, 5.74) is 2.11. The van der Waals surface area contributed by atoms with E-state index in [4.69, 9.17) is 0 Å². The van der Waals surface area contributed by atoms with E-state index in [1.807, 2.05) is 35.8 Å². The largest absolute Gasteiger partial charge is 0.301 e. The summed E-state index contributed by atoms with van der Waals surface area (Å²) in [7, 11) is 0.219. The Kier molecular flexibility index (Phi) is 4.74. The van der Waals surface area contributed by atoms with Gasteiger partial charge in [0.15, 0.2) is 0 Å². The molecule has 2 aromatic heterocycles. The zero-order valence-corrected chi connectivity index (χ0v) is 15.1. The SMILES string of the molecule is CN(C)C(CNS(=O)(=O)c1cccc2nsnc12)c1ccsc1. The molecule has 0 fully saturated rings. The van der Waals surface area contributed by atoms with Crippen molar-refractivity contribution >= 4 is 44.1 Å². The van der Waals surface area contributed by atoms with E-state index in [-0.39, 0.29) is 10.9 Å². The average Bonchev–Trinajstić information content (AvgIpc) is 3.17.